The molecule has 1 aromatic rings. The second-order valence-electron chi connectivity index (χ2n) is 2.33. The molecule has 1 rings (SSSR count). The minimum absolute atomic E-state index is 0.232. The molecule has 0 nitrogen and oxygen atoms in total. The first-order valence-corrected chi connectivity index (χ1v) is 4.80. The number of halogens is 6. The fourth-order valence-corrected chi connectivity index (χ4v) is 1.42. The Morgan fingerprint density at radius 3 is 1.29 bits per heavy atom. The summed E-state index contributed by atoms with van der Waals surface area (Å²) in [4.78, 5) is 0. The minimum atomic E-state index is -0.791. The van der Waals surface area contributed by atoms with E-state index in [2.05, 4.69) is 0 Å². The molecular weight excluding hydrogens is 276 g/mol. The summed E-state index contributed by atoms with van der Waals surface area (Å²) in [6.45, 7) is 0. The quantitative estimate of drug-likeness (QED) is 0.684. The van der Waals surface area contributed by atoms with E-state index in [4.69, 9.17) is 46.4 Å². The SMILES string of the molecule is Fc1cc(=C(Cl)Cl)c(F)cc1=C(Cl)Cl. The summed E-state index contributed by atoms with van der Waals surface area (Å²) in [6, 6.07) is 1.65. The van der Waals surface area contributed by atoms with Crippen molar-refractivity contribution >= 4 is 55.4 Å². The molecule has 0 fully saturated rings. The van der Waals surface area contributed by atoms with Crippen LogP contribution in [0.2, 0.25) is 0 Å². The monoisotopic (exact) mass is 276 g/mol. The Bertz CT molecular complexity index is 427. The van der Waals surface area contributed by atoms with Crippen LogP contribution < -0.4 is 10.4 Å². The molecule has 76 valence electrons. The molecular formula is C8H2Cl4F2. The van der Waals surface area contributed by atoms with Crippen molar-refractivity contribution in [3.8, 4) is 0 Å². The molecule has 0 unspecified atom stereocenters. The van der Waals surface area contributed by atoms with E-state index in [0.717, 1.165) is 12.1 Å². The van der Waals surface area contributed by atoms with Gasteiger partial charge in [0.15, 0.2) is 0 Å². The van der Waals surface area contributed by atoms with Crippen LogP contribution in [0.3, 0.4) is 0 Å². The van der Waals surface area contributed by atoms with Gasteiger partial charge in [0.1, 0.15) is 20.6 Å². The van der Waals surface area contributed by atoms with Gasteiger partial charge in [-0.3, -0.25) is 0 Å². The molecule has 0 N–H and O–H groups in total. The van der Waals surface area contributed by atoms with Crippen molar-refractivity contribution in [1.29, 1.82) is 0 Å². The van der Waals surface area contributed by atoms with Crippen molar-refractivity contribution in [2.24, 2.45) is 0 Å². The van der Waals surface area contributed by atoms with Gasteiger partial charge in [-0.1, -0.05) is 46.4 Å². The molecule has 0 saturated carbocycles. The number of benzene rings is 1. The van der Waals surface area contributed by atoms with Crippen molar-refractivity contribution in [3.63, 3.8) is 0 Å². The van der Waals surface area contributed by atoms with Crippen molar-refractivity contribution < 1.29 is 8.78 Å². The van der Waals surface area contributed by atoms with Crippen LogP contribution in [0.4, 0.5) is 8.78 Å². The molecule has 0 aliphatic carbocycles. The normalized spacial score (nSPS) is 10.1. The minimum Gasteiger partial charge on any atom is -0.206 e. The summed E-state index contributed by atoms with van der Waals surface area (Å²) in [7, 11) is 0. The van der Waals surface area contributed by atoms with E-state index in [1.165, 1.54) is 0 Å². The molecule has 0 atom stereocenters. The van der Waals surface area contributed by atoms with Crippen LogP contribution in [0.25, 0.3) is 8.98 Å². The summed E-state index contributed by atoms with van der Waals surface area (Å²) in [5, 5.41) is -0.465. The predicted octanol–water partition coefficient (Wildman–Crippen LogP) is 3.05. The summed E-state index contributed by atoms with van der Waals surface area (Å²) >= 11 is 21.3. The van der Waals surface area contributed by atoms with E-state index in [1.807, 2.05) is 0 Å². The maximum Gasteiger partial charge on any atom is 0.133 e. The third kappa shape index (κ3) is 2.51. The van der Waals surface area contributed by atoms with Gasteiger partial charge in [0.05, 0.1) is 0 Å². The standard InChI is InChI=1S/C8H2Cl4F2/c9-7(10)3-1-5(13)4(8(11)12)2-6(3)14/h1-2H. The summed E-state index contributed by atoms with van der Waals surface area (Å²) in [6.07, 6.45) is 0. The van der Waals surface area contributed by atoms with Crippen LogP contribution >= 0.6 is 46.4 Å². The molecule has 0 radical (unpaired) electrons. The van der Waals surface area contributed by atoms with Crippen molar-refractivity contribution in [1.82, 2.24) is 0 Å². The number of hydrogen-bond acceptors (Lipinski definition) is 0. The topological polar surface area (TPSA) is 0 Å². The first kappa shape index (κ1) is 12.1. The van der Waals surface area contributed by atoms with Gasteiger partial charge in [-0.15, -0.1) is 0 Å². The van der Waals surface area contributed by atoms with E-state index >= 15 is 0 Å². The van der Waals surface area contributed by atoms with Crippen molar-refractivity contribution in [3.05, 3.63) is 34.2 Å². The Kier molecular flexibility index (Phi) is 4.02. The Morgan fingerprint density at radius 2 is 1.07 bits per heavy atom. The average Bonchev–Trinajstić information content (AvgIpc) is 2.07. The molecule has 6 heteroatoms. The van der Waals surface area contributed by atoms with Gasteiger partial charge in [0.2, 0.25) is 0 Å². The fraction of sp³-hybridized carbons (Fsp3) is 0. The lowest BCUT2D eigenvalue weighted by Gasteiger charge is -1.95. The zero-order valence-corrected chi connectivity index (χ0v) is 9.45. The van der Waals surface area contributed by atoms with Crippen LogP contribution in [-0.2, 0) is 0 Å². The molecule has 0 heterocycles. The van der Waals surface area contributed by atoms with E-state index in [-0.39, 0.29) is 19.4 Å². The zero-order valence-electron chi connectivity index (χ0n) is 6.42. The molecule has 0 amide bonds. The summed E-state index contributed by atoms with van der Waals surface area (Å²) < 4.78 is 25.6. The van der Waals surface area contributed by atoms with Crippen LogP contribution in [0.15, 0.2) is 12.1 Å². The number of hydrogen-bond donors (Lipinski definition) is 0. The Labute approximate surface area is 98.3 Å². The first-order chi connectivity index (χ1) is 6.43. The van der Waals surface area contributed by atoms with Gasteiger partial charge in [0.25, 0.3) is 0 Å². The lowest BCUT2D eigenvalue weighted by molar-refractivity contribution is 0.585. The van der Waals surface area contributed by atoms with Crippen LogP contribution in [-0.4, -0.2) is 0 Å². The van der Waals surface area contributed by atoms with Gasteiger partial charge >= 0.3 is 0 Å². The van der Waals surface area contributed by atoms with Gasteiger partial charge in [0, 0.05) is 10.4 Å². The lowest BCUT2D eigenvalue weighted by atomic mass is 10.2. The molecule has 14 heavy (non-hydrogen) atoms. The van der Waals surface area contributed by atoms with Gasteiger partial charge < -0.3 is 0 Å². The van der Waals surface area contributed by atoms with Gasteiger partial charge in [-0.05, 0) is 12.1 Å². The van der Waals surface area contributed by atoms with E-state index < -0.39 is 11.6 Å². The maximum absolute atomic E-state index is 13.2. The predicted molar refractivity (Wildman–Crippen MR) is 55.8 cm³/mol. The Balaban J connectivity index is 3.74. The molecule has 1 aromatic carbocycles. The Hall–Kier alpha value is -0.0200. The van der Waals surface area contributed by atoms with Crippen LogP contribution in [0, 0.1) is 11.6 Å². The highest BCUT2D eigenvalue weighted by atomic mass is 35.5. The number of rotatable bonds is 0. The Morgan fingerprint density at radius 1 is 0.786 bits per heavy atom. The molecule has 0 saturated heterocycles. The average molecular weight is 278 g/mol. The molecule has 0 aromatic heterocycles. The van der Waals surface area contributed by atoms with Crippen LogP contribution in [0.1, 0.15) is 0 Å². The smallest absolute Gasteiger partial charge is 0.133 e. The molecule has 0 spiro atoms. The highest BCUT2D eigenvalue weighted by Gasteiger charge is 2.04. The third-order valence-electron chi connectivity index (χ3n) is 1.46. The maximum atomic E-state index is 13.2. The highest BCUT2D eigenvalue weighted by Crippen LogP contribution is 2.09. The van der Waals surface area contributed by atoms with Gasteiger partial charge in [-0.25, -0.2) is 8.78 Å². The third-order valence-corrected chi connectivity index (χ3v) is 2.28. The molecule has 0 bridgehead atoms. The van der Waals surface area contributed by atoms with Crippen molar-refractivity contribution in [2.75, 3.05) is 0 Å². The lowest BCUT2D eigenvalue weighted by Crippen LogP contribution is -2.18. The summed E-state index contributed by atoms with van der Waals surface area (Å²) in [5.41, 5.74) is 0. The fourth-order valence-electron chi connectivity index (χ4n) is 0.836. The zero-order chi connectivity index (χ0) is 10.9. The van der Waals surface area contributed by atoms with Crippen molar-refractivity contribution in [2.45, 2.75) is 0 Å². The second kappa shape index (κ2) is 4.67. The molecule has 0 aliphatic rings. The first-order valence-electron chi connectivity index (χ1n) is 3.29. The van der Waals surface area contributed by atoms with E-state index in [9.17, 15) is 8.78 Å². The highest BCUT2D eigenvalue weighted by molar-refractivity contribution is 6.74. The van der Waals surface area contributed by atoms with E-state index in [1.54, 1.807) is 0 Å². The van der Waals surface area contributed by atoms with Crippen LogP contribution in [0.5, 0.6) is 0 Å². The largest absolute Gasteiger partial charge is 0.206 e. The molecule has 0 aliphatic heterocycles. The summed E-state index contributed by atoms with van der Waals surface area (Å²) in [5.74, 6) is -1.58. The second-order valence-corrected chi connectivity index (χ2v) is 4.23. The van der Waals surface area contributed by atoms with E-state index in [0.29, 0.717) is 0 Å². The van der Waals surface area contributed by atoms with Gasteiger partial charge in [-0.2, -0.15) is 0 Å².